The standard InChI is InChI=1S/C17H18O/c18-17(14-9-12-8-13(12)10-14)16-7-3-5-11-4-1-2-6-15(11)16/h1-7,12-14,17-18H,8-10H2. The van der Waals surface area contributed by atoms with Crippen molar-refractivity contribution in [2.45, 2.75) is 25.4 Å². The van der Waals surface area contributed by atoms with Crippen molar-refractivity contribution in [3.05, 3.63) is 48.0 Å². The van der Waals surface area contributed by atoms with E-state index in [1.807, 2.05) is 0 Å². The summed E-state index contributed by atoms with van der Waals surface area (Å²) in [6.07, 6.45) is 3.60. The van der Waals surface area contributed by atoms with Gasteiger partial charge in [0, 0.05) is 0 Å². The fraction of sp³-hybridized carbons (Fsp3) is 0.412. The van der Waals surface area contributed by atoms with Crippen LogP contribution in [0.25, 0.3) is 10.8 Å². The van der Waals surface area contributed by atoms with Crippen LogP contribution in [0.3, 0.4) is 0 Å². The molecule has 4 rings (SSSR count). The predicted octanol–water partition coefficient (Wildman–Crippen LogP) is 3.92. The summed E-state index contributed by atoms with van der Waals surface area (Å²) in [7, 11) is 0. The summed E-state index contributed by atoms with van der Waals surface area (Å²) in [5.41, 5.74) is 1.12. The number of fused-ring (bicyclic) bond motifs is 2. The molecule has 2 aliphatic carbocycles. The van der Waals surface area contributed by atoms with E-state index < -0.39 is 0 Å². The molecule has 0 bridgehead atoms. The van der Waals surface area contributed by atoms with E-state index >= 15 is 0 Å². The van der Waals surface area contributed by atoms with Crippen LogP contribution < -0.4 is 0 Å². The molecule has 1 heteroatoms. The number of aliphatic hydroxyl groups is 1. The smallest absolute Gasteiger partial charge is 0.0824 e. The van der Waals surface area contributed by atoms with E-state index in [0.29, 0.717) is 5.92 Å². The number of hydrogen-bond acceptors (Lipinski definition) is 1. The average Bonchev–Trinajstić information content (AvgIpc) is 3.04. The highest BCUT2D eigenvalue weighted by Gasteiger charge is 2.47. The van der Waals surface area contributed by atoms with Crippen LogP contribution in [-0.4, -0.2) is 5.11 Å². The Bertz CT molecular complexity index is 574. The molecule has 0 aromatic heterocycles. The van der Waals surface area contributed by atoms with E-state index in [2.05, 4.69) is 42.5 Å². The Morgan fingerprint density at radius 3 is 2.44 bits per heavy atom. The summed E-state index contributed by atoms with van der Waals surface area (Å²) >= 11 is 0. The molecule has 3 atom stereocenters. The van der Waals surface area contributed by atoms with Crippen molar-refractivity contribution in [2.24, 2.45) is 17.8 Å². The minimum atomic E-state index is -0.274. The van der Waals surface area contributed by atoms with Crippen LogP contribution in [0.2, 0.25) is 0 Å². The van der Waals surface area contributed by atoms with Gasteiger partial charge in [-0.15, -0.1) is 0 Å². The monoisotopic (exact) mass is 238 g/mol. The van der Waals surface area contributed by atoms with Crippen LogP contribution in [0, 0.1) is 17.8 Å². The Kier molecular flexibility index (Phi) is 2.25. The van der Waals surface area contributed by atoms with Crippen molar-refractivity contribution >= 4 is 10.8 Å². The lowest BCUT2D eigenvalue weighted by Crippen LogP contribution is -2.11. The second kappa shape index (κ2) is 3.83. The van der Waals surface area contributed by atoms with Crippen molar-refractivity contribution in [2.75, 3.05) is 0 Å². The van der Waals surface area contributed by atoms with Gasteiger partial charge in [-0.2, -0.15) is 0 Å². The van der Waals surface area contributed by atoms with Crippen LogP contribution in [0.1, 0.15) is 30.9 Å². The second-order valence-electron chi connectivity index (χ2n) is 6.00. The summed E-state index contributed by atoms with van der Waals surface area (Å²) in [6, 6.07) is 14.7. The maximum atomic E-state index is 10.7. The highest BCUT2D eigenvalue weighted by molar-refractivity contribution is 5.86. The number of rotatable bonds is 2. The molecule has 0 heterocycles. The SMILES string of the molecule is OC(c1cccc2ccccc12)C1CC2CC2C1. The molecule has 0 amide bonds. The lowest BCUT2D eigenvalue weighted by atomic mass is 9.89. The van der Waals surface area contributed by atoms with Crippen molar-refractivity contribution in [3.8, 4) is 0 Å². The molecule has 3 unspecified atom stereocenters. The summed E-state index contributed by atoms with van der Waals surface area (Å²) in [5.74, 6) is 2.35. The van der Waals surface area contributed by atoms with Gasteiger partial charge in [0.15, 0.2) is 0 Å². The second-order valence-corrected chi connectivity index (χ2v) is 6.00. The first-order valence-electron chi connectivity index (χ1n) is 6.98. The van der Waals surface area contributed by atoms with E-state index in [1.165, 1.54) is 30.0 Å². The third-order valence-corrected chi connectivity index (χ3v) is 4.87. The van der Waals surface area contributed by atoms with Crippen LogP contribution in [0.15, 0.2) is 42.5 Å². The van der Waals surface area contributed by atoms with Gasteiger partial charge in [-0.3, -0.25) is 0 Å². The topological polar surface area (TPSA) is 20.2 Å². The molecule has 0 aliphatic heterocycles. The zero-order valence-electron chi connectivity index (χ0n) is 10.4. The van der Waals surface area contributed by atoms with Gasteiger partial charge < -0.3 is 5.11 Å². The Morgan fingerprint density at radius 1 is 0.889 bits per heavy atom. The molecule has 0 spiro atoms. The van der Waals surface area contributed by atoms with Gasteiger partial charge in [0.1, 0.15) is 0 Å². The summed E-state index contributed by atoms with van der Waals surface area (Å²) in [4.78, 5) is 0. The predicted molar refractivity (Wildman–Crippen MR) is 73.2 cm³/mol. The molecule has 1 nitrogen and oxygen atoms in total. The van der Waals surface area contributed by atoms with Gasteiger partial charge in [-0.05, 0) is 53.4 Å². The van der Waals surface area contributed by atoms with E-state index in [4.69, 9.17) is 0 Å². The number of hydrogen-bond donors (Lipinski definition) is 1. The lowest BCUT2D eigenvalue weighted by Gasteiger charge is -2.21. The Hall–Kier alpha value is -1.34. The third-order valence-electron chi connectivity index (χ3n) is 4.87. The Balaban J connectivity index is 1.72. The van der Waals surface area contributed by atoms with E-state index in [1.54, 1.807) is 0 Å². The fourth-order valence-corrected chi connectivity index (χ4v) is 3.78. The minimum Gasteiger partial charge on any atom is -0.388 e. The van der Waals surface area contributed by atoms with Gasteiger partial charge in [0.2, 0.25) is 0 Å². The van der Waals surface area contributed by atoms with Gasteiger partial charge in [0.05, 0.1) is 6.10 Å². The molecule has 2 aromatic rings. The van der Waals surface area contributed by atoms with E-state index in [-0.39, 0.29) is 6.10 Å². The van der Waals surface area contributed by atoms with Crippen LogP contribution in [0.4, 0.5) is 0 Å². The van der Waals surface area contributed by atoms with Crippen molar-refractivity contribution in [1.29, 1.82) is 0 Å². The highest BCUT2D eigenvalue weighted by Crippen LogP contribution is 2.57. The van der Waals surface area contributed by atoms with Crippen molar-refractivity contribution in [1.82, 2.24) is 0 Å². The fourth-order valence-electron chi connectivity index (χ4n) is 3.78. The quantitative estimate of drug-likeness (QED) is 0.840. The molecule has 18 heavy (non-hydrogen) atoms. The molecule has 92 valence electrons. The summed E-state index contributed by atoms with van der Waals surface area (Å²) < 4.78 is 0. The lowest BCUT2D eigenvalue weighted by molar-refractivity contribution is 0.106. The molecular weight excluding hydrogens is 220 g/mol. The molecule has 2 fully saturated rings. The third kappa shape index (κ3) is 1.58. The molecule has 0 radical (unpaired) electrons. The first-order chi connectivity index (χ1) is 8.83. The van der Waals surface area contributed by atoms with Crippen molar-refractivity contribution in [3.63, 3.8) is 0 Å². The molecule has 0 saturated heterocycles. The zero-order valence-corrected chi connectivity index (χ0v) is 10.4. The van der Waals surface area contributed by atoms with Gasteiger partial charge >= 0.3 is 0 Å². The molecule has 2 saturated carbocycles. The first kappa shape index (κ1) is 10.6. The first-order valence-corrected chi connectivity index (χ1v) is 6.98. The molecular formula is C17H18O. The zero-order chi connectivity index (χ0) is 12.1. The summed E-state index contributed by atoms with van der Waals surface area (Å²) in [5, 5.41) is 13.1. The van der Waals surface area contributed by atoms with Crippen molar-refractivity contribution < 1.29 is 5.11 Å². The largest absolute Gasteiger partial charge is 0.388 e. The molecule has 2 aliphatic rings. The van der Waals surface area contributed by atoms with Gasteiger partial charge in [-0.1, -0.05) is 42.5 Å². The Morgan fingerprint density at radius 2 is 1.61 bits per heavy atom. The van der Waals surface area contributed by atoms with E-state index in [0.717, 1.165) is 17.4 Å². The van der Waals surface area contributed by atoms with Gasteiger partial charge in [-0.25, -0.2) is 0 Å². The number of aliphatic hydroxyl groups excluding tert-OH is 1. The van der Waals surface area contributed by atoms with E-state index in [9.17, 15) is 5.11 Å². The van der Waals surface area contributed by atoms with Crippen LogP contribution in [-0.2, 0) is 0 Å². The summed E-state index contributed by atoms with van der Waals surface area (Å²) in [6.45, 7) is 0. The van der Waals surface area contributed by atoms with Crippen LogP contribution >= 0.6 is 0 Å². The number of benzene rings is 2. The average molecular weight is 238 g/mol. The molecule has 2 aromatic carbocycles. The molecule has 1 N–H and O–H groups in total. The minimum absolute atomic E-state index is 0.274. The maximum Gasteiger partial charge on any atom is 0.0824 e. The Labute approximate surface area is 107 Å². The highest BCUT2D eigenvalue weighted by atomic mass is 16.3. The van der Waals surface area contributed by atoms with Gasteiger partial charge in [0.25, 0.3) is 0 Å². The van der Waals surface area contributed by atoms with Crippen LogP contribution in [0.5, 0.6) is 0 Å². The normalized spacial score (nSPS) is 31.3. The maximum absolute atomic E-state index is 10.7.